The maximum absolute atomic E-state index is 6.54. The van der Waals surface area contributed by atoms with Gasteiger partial charge >= 0.3 is 0 Å². The summed E-state index contributed by atoms with van der Waals surface area (Å²) in [5.41, 5.74) is 15.0. The molecule has 4 rings (SSSR count). The molecule has 0 unspecified atom stereocenters. The summed E-state index contributed by atoms with van der Waals surface area (Å²) in [5, 5.41) is 4.69. The van der Waals surface area contributed by atoms with Crippen LogP contribution in [0, 0.1) is 13.8 Å². The molecule has 0 aliphatic rings. The first-order valence-corrected chi connectivity index (χ1v) is 12.7. The number of nitrogens with two attached hydrogens (primary N) is 1. The number of anilines is 3. The number of nitrogen functional groups attached to an aromatic ring is 1. The summed E-state index contributed by atoms with van der Waals surface area (Å²) in [4.78, 5) is 9.42. The molecule has 0 atom stereocenters. The van der Waals surface area contributed by atoms with Gasteiger partial charge in [-0.2, -0.15) is 4.98 Å². The highest BCUT2D eigenvalue weighted by Gasteiger charge is 2.16. The fourth-order valence-electron chi connectivity index (χ4n) is 4.54. The average Bonchev–Trinajstić information content (AvgIpc) is 2.81. The molecule has 0 saturated heterocycles. The second-order valence-electron chi connectivity index (χ2n) is 9.07. The van der Waals surface area contributed by atoms with Gasteiger partial charge in [0, 0.05) is 21.7 Å². The number of aromatic nitrogens is 2. The Morgan fingerprint density at radius 3 is 2.31 bits per heavy atom. The van der Waals surface area contributed by atoms with Gasteiger partial charge in [0.05, 0.1) is 5.52 Å². The van der Waals surface area contributed by atoms with E-state index < -0.39 is 0 Å². The third kappa shape index (κ3) is 5.66. The molecule has 0 fully saturated rings. The van der Waals surface area contributed by atoms with Crippen LogP contribution in [0.1, 0.15) is 55.4 Å². The molecule has 0 amide bonds. The highest BCUT2D eigenvalue weighted by Crippen LogP contribution is 2.37. The van der Waals surface area contributed by atoms with E-state index in [1.807, 2.05) is 12.1 Å². The van der Waals surface area contributed by atoms with Gasteiger partial charge in [0.15, 0.2) is 0 Å². The number of aryl methyl sites for hydroxylation is 3. The minimum atomic E-state index is 0.401. The number of hydrogen-bond acceptors (Lipinski definition) is 4. The summed E-state index contributed by atoms with van der Waals surface area (Å²) in [6.45, 7) is 8.63. The number of nitrogens with zero attached hydrogens (tertiary/aromatic N) is 2. The van der Waals surface area contributed by atoms with Gasteiger partial charge in [-0.05, 0) is 78.8 Å². The van der Waals surface area contributed by atoms with Crippen LogP contribution in [0.4, 0.5) is 17.5 Å². The standard InChI is InChI=1S/C30H33ClN4/c1-5-7-8-10-22-15-19(3)27(20(4)16-22)25-17-23(31)18-26-28(25)34-30(35-29(26)32)33-24-13-11-21(9-6-2)12-14-24/h8,10-18H,5-7,9H2,1-4H3,(H3,32,33,34,35)/b10-8+. The van der Waals surface area contributed by atoms with Crippen molar-refractivity contribution in [3.8, 4) is 11.1 Å². The van der Waals surface area contributed by atoms with Crippen LogP contribution in [0.2, 0.25) is 5.02 Å². The Hall–Kier alpha value is -3.37. The molecule has 0 bridgehead atoms. The Labute approximate surface area is 213 Å². The first-order valence-electron chi connectivity index (χ1n) is 12.3. The van der Waals surface area contributed by atoms with Crippen LogP contribution in [0.15, 0.2) is 54.6 Å². The van der Waals surface area contributed by atoms with Crippen molar-refractivity contribution in [2.75, 3.05) is 11.1 Å². The number of nitrogens with one attached hydrogen (secondary N) is 1. The van der Waals surface area contributed by atoms with Gasteiger partial charge in [0.25, 0.3) is 0 Å². The van der Waals surface area contributed by atoms with Gasteiger partial charge in [-0.15, -0.1) is 0 Å². The number of halogens is 1. The van der Waals surface area contributed by atoms with Gasteiger partial charge in [0.2, 0.25) is 5.95 Å². The summed E-state index contributed by atoms with van der Waals surface area (Å²) in [7, 11) is 0. The number of hydrogen-bond donors (Lipinski definition) is 2. The Bertz CT molecular complexity index is 1350. The molecule has 1 aromatic heterocycles. The van der Waals surface area contributed by atoms with Crippen LogP contribution in [0.3, 0.4) is 0 Å². The maximum atomic E-state index is 6.54. The van der Waals surface area contributed by atoms with Gasteiger partial charge in [-0.3, -0.25) is 0 Å². The van der Waals surface area contributed by atoms with Gasteiger partial charge < -0.3 is 11.1 Å². The van der Waals surface area contributed by atoms with Crippen LogP contribution in [-0.2, 0) is 6.42 Å². The van der Waals surface area contributed by atoms with E-state index in [0.717, 1.165) is 53.4 Å². The van der Waals surface area contributed by atoms with Gasteiger partial charge in [-0.25, -0.2) is 4.98 Å². The predicted molar refractivity (Wildman–Crippen MR) is 152 cm³/mol. The SMILES string of the molecule is CCC/C=C/c1cc(C)c(-c2cc(Cl)cc3c(N)nc(Nc4ccc(CCC)cc4)nc23)c(C)c1. The maximum Gasteiger partial charge on any atom is 0.229 e. The Morgan fingerprint density at radius 2 is 1.66 bits per heavy atom. The first-order chi connectivity index (χ1) is 16.9. The molecular weight excluding hydrogens is 452 g/mol. The molecule has 0 aliphatic heterocycles. The second-order valence-corrected chi connectivity index (χ2v) is 9.51. The Morgan fingerprint density at radius 1 is 0.943 bits per heavy atom. The van der Waals surface area contributed by atoms with E-state index in [-0.39, 0.29) is 0 Å². The lowest BCUT2D eigenvalue weighted by atomic mass is 9.92. The molecule has 0 aliphatic carbocycles. The molecule has 35 heavy (non-hydrogen) atoms. The average molecular weight is 485 g/mol. The van der Waals surface area contributed by atoms with E-state index in [9.17, 15) is 0 Å². The molecule has 0 spiro atoms. The van der Waals surface area contributed by atoms with Crippen molar-refractivity contribution in [3.05, 3.63) is 81.9 Å². The fraction of sp³-hybridized carbons (Fsp3) is 0.267. The monoisotopic (exact) mass is 484 g/mol. The van der Waals surface area contributed by atoms with Gasteiger partial charge in [0.1, 0.15) is 5.82 Å². The lowest BCUT2D eigenvalue weighted by molar-refractivity contribution is 0.922. The third-order valence-corrected chi connectivity index (χ3v) is 6.35. The number of benzene rings is 3. The second kappa shape index (κ2) is 10.9. The summed E-state index contributed by atoms with van der Waals surface area (Å²) in [5.74, 6) is 0.870. The van der Waals surface area contributed by atoms with Crippen molar-refractivity contribution in [2.24, 2.45) is 0 Å². The zero-order chi connectivity index (χ0) is 24.9. The number of fused-ring (bicyclic) bond motifs is 1. The Balaban J connectivity index is 1.79. The highest BCUT2D eigenvalue weighted by molar-refractivity contribution is 6.32. The molecule has 4 aromatic rings. The molecule has 3 N–H and O–H groups in total. The van der Waals surface area contributed by atoms with E-state index in [2.05, 4.69) is 86.5 Å². The topological polar surface area (TPSA) is 63.8 Å². The van der Waals surface area contributed by atoms with Crippen molar-refractivity contribution >= 4 is 46.0 Å². The lowest BCUT2D eigenvalue weighted by Gasteiger charge is -2.16. The van der Waals surface area contributed by atoms with E-state index in [1.54, 1.807) is 0 Å². The molecule has 4 nitrogen and oxygen atoms in total. The smallest absolute Gasteiger partial charge is 0.229 e. The summed E-state index contributed by atoms with van der Waals surface area (Å²) < 4.78 is 0. The largest absolute Gasteiger partial charge is 0.383 e. The fourth-order valence-corrected chi connectivity index (χ4v) is 4.76. The number of allylic oxidation sites excluding steroid dienone is 1. The van der Waals surface area contributed by atoms with E-state index in [4.69, 9.17) is 22.3 Å². The normalized spacial score (nSPS) is 11.5. The number of rotatable bonds is 8. The van der Waals surface area contributed by atoms with Crippen LogP contribution < -0.4 is 11.1 Å². The minimum absolute atomic E-state index is 0.401. The van der Waals surface area contributed by atoms with Crippen molar-refractivity contribution in [2.45, 2.75) is 53.4 Å². The Kier molecular flexibility index (Phi) is 7.72. The third-order valence-electron chi connectivity index (χ3n) is 6.13. The highest BCUT2D eigenvalue weighted by atomic mass is 35.5. The van der Waals surface area contributed by atoms with Crippen LogP contribution in [0.5, 0.6) is 0 Å². The molecule has 3 aromatic carbocycles. The van der Waals surface area contributed by atoms with Crippen LogP contribution >= 0.6 is 11.6 Å². The van der Waals surface area contributed by atoms with Crippen molar-refractivity contribution in [3.63, 3.8) is 0 Å². The van der Waals surface area contributed by atoms with Crippen molar-refractivity contribution in [1.29, 1.82) is 0 Å². The van der Waals surface area contributed by atoms with Gasteiger partial charge in [-0.1, -0.05) is 74.7 Å². The quantitative estimate of drug-likeness (QED) is 0.262. The van der Waals surface area contributed by atoms with Crippen molar-refractivity contribution < 1.29 is 0 Å². The van der Waals surface area contributed by atoms with E-state index in [1.165, 1.54) is 22.3 Å². The van der Waals surface area contributed by atoms with Crippen LogP contribution in [-0.4, -0.2) is 9.97 Å². The van der Waals surface area contributed by atoms with Crippen LogP contribution in [0.25, 0.3) is 28.1 Å². The summed E-state index contributed by atoms with van der Waals surface area (Å²) in [6.07, 6.45) is 8.82. The van der Waals surface area contributed by atoms with E-state index >= 15 is 0 Å². The summed E-state index contributed by atoms with van der Waals surface area (Å²) >= 11 is 6.54. The molecule has 1 heterocycles. The first kappa shape index (κ1) is 24.7. The zero-order valence-electron chi connectivity index (χ0n) is 21.0. The zero-order valence-corrected chi connectivity index (χ0v) is 21.7. The predicted octanol–water partition coefficient (Wildman–Crippen LogP) is 8.66. The number of unbranched alkanes of at least 4 members (excludes halogenated alkanes) is 1. The molecule has 0 radical (unpaired) electrons. The molecule has 180 valence electrons. The van der Waals surface area contributed by atoms with E-state index in [0.29, 0.717) is 16.8 Å². The molecule has 0 saturated carbocycles. The van der Waals surface area contributed by atoms with Crippen molar-refractivity contribution in [1.82, 2.24) is 9.97 Å². The minimum Gasteiger partial charge on any atom is -0.383 e. The summed E-state index contributed by atoms with van der Waals surface area (Å²) in [6, 6.07) is 16.6. The molecular formula is C30H33ClN4. The molecule has 5 heteroatoms. The lowest BCUT2D eigenvalue weighted by Crippen LogP contribution is -2.03.